The van der Waals surface area contributed by atoms with E-state index in [1.54, 1.807) is 0 Å². The molecule has 0 aliphatic heterocycles. The Morgan fingerprint density at radius 1 is 0.769 bits per heavy atom. The molecular formula is C6H14F4OSi2. The molecule has 0 aromatic carbocycles. The molecule has 1 nitrogen and oxygen atoms in total. The Kier molecular flexibility index (Phi) is 5.15. The molecule has 0 unspecified atom stereocenters. The molecule has 0 amide bonds. The van der Waals surface area contributed by atoms with E-state index in [0.29, 0.717) is 0 Å². The summed E-state index contributed by atoms with van der Waals surface area (Å²) in [6.45, 7) is 2.62. The Labute approximate surface area is 77.3 Å². The zero-order chi connectivity index (χ0) is 10.5. The number of halogens is 4. The third-order valence-corrected chi connectivity index (χ3v) is 7.83. The van der Waals surface area contributed by atoms with E-state index >= 15 is 0 Å². The molecule has 0 aromatic rings. The Balaban J connectivity index is 4.36. The van der Waals surface area contributed by atoms with Crippen LogP contribution in [-0.2, 0) is 4.12 Å². The van der Waals surface area contributed by atoms with Crippen molar-refractivity contribution in [2.24, 2.45) is 0 Å². The Bertz CT molecular complexity index is 134. The predicted molar refractivity (Wildman–Crippen MR) is 48.2 cm³/mol. The molecule has 0 bridgehead atoms. The van der Waals surface area contributed by atoms with Crippen LogP contribution in [0.2, 0.25) is 13.1 Å². The highest BCUT2D eigenvalue weighted by Crippen LogP contribution is 2.16. The highest BCUT2D eigenvalue weighted by molar-refractivity contribution is 6.85. The van der Waals surface area contributed by atoms with Crippen molar-refractivity contribution < 1.29 is 21.7 Å². The molecule has 0 fully saturated rings. The van der Waals surface area contributed by atoms with E-state index in [1.807, 2.05) is 0 Å². The van der Waals surface area contributed by atoms with E-state index in [-0.39, 0.29) is 0 Å². The molecule has 0 rings (SSSR count). The van der Waals surface area contributed by atoms with Gasteiger partial charge in [0.05, 0.1) is 0 Å². The SMILES string of the molecule is C[Si](CF)(CF)O[Si](C)(CF)CF. The van der Waals surface area contributed by atoms with Crippen LogP contribution in [0.1, 0.15) is 0 Å². The molecule has 0 radical (unpaired) electrons. The van der Waals surface area contributed by atoms with Crippen LogP contribution >= 0.6 is 0 Å². The quantitative estimate of drug-likeness (QED) is 0.505. The van der Waals surface area contributed by atoms with Crippen molar-refractivity contribution in [3.8, 4) is 0 Å². The zero-order valence-electron chi connectivity index (χ0n) is 7.75. The molecule has 7 heteroatoms. The summed E-state index contributed by atoms with van der Waals surface area (Å²) in [5.74, 6) is 0. The van der Waals surface area contributed by atoms with Gasteiger partial charge in [-0.15, -0.1) is 0 Å². The minimum Gasteiger partial charge on any atom is -0.449 e. The maximum absolute atomic E-state index is 12.3. The highest BCUT2D eigenvalue weighted by atomic mass is 28.4. The van der Waals surface area contributed by atoms with Gasteiger partial charge in [-0.25, -0.2) is 0 Å². The zero-order valence-corrected chi connectivity index (χ0v) is 9.75. The van der Waals surface area contributed by atoms with Crippen LogP contribution < -0.4 is 0 Å². The van der Waals surface area contributed by atoms with Gasteiger partial charge in [-0.3, -0.25) is 17.6 Å². The number of hydrogen-bond donors (Lipinski definition) is 0. The number of alkyl halides is 4. The molecular weight excluding hydrogens is 220 g/mol. The van der Waals surface area contributed by atoms with Crippen LogP contribution in [-0.4, -0.2) is 41.8 Å². The lowest BCUT2D eigenvalue weighted by Crippen LogP contribution is -2.55. The van der Waals surface area contributed by atoms with Gasteiger partial charge in [-0.2, -0.15) is 0 Å². The lowest BCUT2D eigenvalue weighted by Gasteiger charge is -2.31. The Morgan fingerprint density at radius 2 is 1.00 bits per heavy atom. The molecule has 0 atom stereocenters. The summed E-state index contributed by atoms with van der Waals surface area (Å²) in [6, 6.07) is 0. The van der Waals surface area contributed by atoms with Gasteiger partial charge in [0, 0.05) is 0 Å². The van der Waals surface area contributed by atoms with Gasteiger partial charge >= 0.3 is 0 Å². The van der Waals surface area contributed by atoms with Crippen molar-refractivity contribution in [2.45, 2.75) is 13.1 Å². The largest absolute Gasteiger partial charge is 0.449 e. The van der Waals surface area contributed by atoms with Gasteiger partial charge in [0.2, 0.25) is 16.6 Å². The van der Waals surface area contributed by atoms with Gasteiger partial charge in [0.1, 0.15) is 25.2 Å². The normalized spacial score (nSPS) is 13.4. The second-order valence-corrected chi connectivity index (χ2v) is 11.2. The average molecular weight is 234 g/mol. The fraction of sp³-hybridized carbons (Fsp3) is 1.00. The summed E-state index contributed by atoms with van der Waals surface area (Å²) in [5, 5.41) is 0. The summed E-state index contributed by atoms with van der Waals surface area (Å²) >= 11 is 0. The Morgan fingerprint density at radius 3 is 1.15 bits per heavy atom. The van der Waals surface area contributed by atoms with Crippen LogP contribution in [0.4, 0.5) is 17.6 Å². The highest BCUT2D eigenvalue weighted by Gasteiger charge is 2.40. The molecule has 0 aliphatic rings. The van der Waals surface area contributed by atoms with Crippen molar-refractivity contribution in [3.05, 3.63) is 0 Å². The standard InChI is InChI=1S/C6H14F4OSi2/c1-12(3-7,4-8)11-13(2,5-9)6-10/h3-6H2,1-2H3. The second kappa shape index (κ2) is 5.11. The molecule has 0 heterocycles. The number of rotatable bonds is 6. The smallest absolute Gasteiger partial charge is 0.239 e. The molecule has 0 spiro atoms. The summed E-state index contributed by atoms with van der Waals surface area (Å²) in [4.78, 5) is 0. The van der Waals surface area contributed by atoms with Gasteiger partial charge < -0.3 is 4.12 Å². The van der Waals surface area contributed by atoms with Crippen LogP contribution in [0.3, 0.4) is 0 Å². The minimum atomic E-state index is -3.13. The molecule has 0 aromatic heterocycles. The lowest BCUT2D eigenvalue weighted by molar-refractivity contribution is 0.390. The third-order valence-electron chi connectivity index (χ3n) is 1.62. The fourth-order valence-electron chi connectivity index (χ4n) is 0.775. The Hall–Kier alpha value is 0.114. The maximum atomic E-state index is 12.3. The van der Waals surface area contributed by atoms with Crippen molar-refractivity contribution >= 4 is 16.6 Å². The van der Waals surface area contributed by atoms with E-state index in [9.17, 15) is 17.6 Å². The molecule has 13 heavy (non-hydrogen) atoms. The lowest BCUT2D eigenvalue weighted by atomic mass is 11.7. The maximum Gasteiger partial charge on any atom is 0.239 e. The molecule has 80 valence electrons. The average Bonchev–Trinajstić information content (AvgIpc) is 2.17. The molecule has 0 saturated carbocycles. The van der Waals surface area contributed by atoms with Gasteiger partial charge in [0.25, 0.3) is 0 Å². The monoisotopic (exact) mass is 234 g/mol. The van der Waals surface area contributed by atoms with Crippen LogP contribution in [0, 0.1) is 0 Å². The van der Waals surface area contributed by atoms with E-state index in [2.05, 4.69) is 0 Å². The van der Waals surface area contributed by atoms with Gasteiger partial charge in [-0.05, 0) is 13.1 Å². The molecule has 0 aliphatic carbocycles. The first-order valence-corrected chi connectivity index (χ1v) is 9.54. The van der Waals surface area contributed by atoms with E-state index in [1.165, 1.54) is 13.1 Å². The van der Waals surface area contributed by atoms with Crippen molar-refractivity contribution in [3.63, 3.8) is 0 Å². The first kappa shape index (κ1) is 13.1. The fourth-order valence-corrected chi connectivity index (χ4v) is 6.55. The van der Waals surface area contributed by atoms with E-state index < -0.39 is 41.8 Å². The predicted octanol–water partition coefficient (Wildman–Crippen LogP) is 2.19. The van der Waals surface area contributed by atoms with Crippen LogP contribution in [0.25, 0.3) is 0 Å². The number of hydrogen-bond acceptors (Lipinski definition) is 1. The summed E-state index contributed by atoms with van der Waals surface area (Å²) < 4.78 is 54.3. The van der Waals surface area contributed by atoms with Crippen LogP contribution in [0.5, 0.6) is 0 Å². The molecule has 0 N–H and O–H groups in total. The minimum absolute atomic E-state index is 0.938. The first-order valence-electron chi connectivity index (χ1n) is 3.89. The summed E-state index contributed by atoms with van der Waals surface area (Å²) in [6.07, 6.45) is -3.75. The summed E-state index contributed by atoms with van der Waals surface area (Å²) in [5.41, 5.74) is 0. The first-order chi connectivity index (χ1) is 5.95. The second-order valence-electron chi connectivity index (χ2n) is 3.54. The third kappa shape index (κ3) is 3.78. The van der Waals surface area contributed by atoms with Crippen molar-refractivity contribution in [1.82, 2.24) is 0 Å². The summed E-state index contributed by atoms with van der Waals surface area (Å²) in [7, 11) is -6.25. The van der Waals surface area contributed by atoms with Crippen molar-refractivity contribution in [2.75, 3.05) is 25.2 Å². The van der Waals surface area contributed by atoms with E-state index in [4.69, 9.17) is 4.12 Å². The van der Waals surface area contributed by atoms with Gasteiger partial charge in [0.15, 0.2) is 0 Å². The topological polar surface area (TPSA) is 9.23 Å². The van der Waals surface area contributed by atoms with Crippen LogP contribution in [0.15, 0.2) is 0 Å². The molecule has 0 saturated heterocycles. The van der Waals surface area contributed by atoms with Gasteiger partial charge in [-0.1, -0.05) is 0 Å². The van der Waals surface area contributed by atoms with E-state index in [0.717, 1.165) is 0 Å². The van der Waals surface area contributed by atoms with Crippen molar-refractivity contribution in [1.29, 1.82) is 0 Å².